The number of H-pyrrole nitrogens is 1. The molecule has 2 aromatic rings. The van der Waals surface area contributed by atoms with Crippen molar-refractivity contribution < 1.29 is 33.3 Å². The molecule has 0 fully saturated rings. The van der Waals surface area contributed by atoms with Crippen LogP contribution >= 0.6 is 0 Å². The Bertz CT molecular complexity index is 899. The van der Waals surface area contributed by atoms with E-state index in [2.05, 4.69) is 14.5 Å². The van der Waals surface area contributed by atoms with Gasteiger partial charge in [-0.25, -0.2) is 9.59 Å². The molecule has 0 aliphatic heterocycles. The van der Waals surface area contributed by atoms with Crippen molar-refractivity contribution in [2.24, 2.45) is 0 Å². The van der Waals surface area contributed by atoms with Crippen molar-refractivity contribution >= 4 is 22.8 Å². The minimum absolute atomic E-state index is 0.0579. The SMILES string of the molecule is COC(=O)c1[nH]c2c(OC)c(OC)c(OC)cc2c(=O)c1C(=O)OC. The van der Waals surface area contributed by atoms with Crippen LogP contribution in [0.5, 0.6) is 17.2 Å². The molecule has 2 rings (SSSR count). The maximum atomic E-state index is 12.8. The summed E-state index contributed by atoms with van der Waals surface area (Å²) in [7, 11) is 6.37. The summed E-state index contributed by atoms with van der Waals surface area (Å²) in [6, 6.07) is 1.38. The van der Waals surface area contributed by atoms with E-state index in [9.17, 15) is 14.4 Å². The lowest BCUT2D eigenvalue weighted by Gasteiger charge is -2.16. The molecular weight excluding hydrogens is 334 g/mol. The Labute approximate surface area is 142 Å². The lowest BCUT2D eigenvalue weighted by atomic mass is 10.1. The summed E-state index contributed by atoms with van der Waals surface area (Å²) < 4.78 is 25.0. The van der Waals surface area contributed by atoms with E-state index >= 15 is 0 Å². The molecule has 9 heteroatoms. The molecule has 0 bridgehead atoms. The van der Waals surface area contributed by atoms with Crippen molar-refractivity contribution in [1.29, 1.82) is 0 Å². The zero-order valence-corrected chi connectivity index (χ0v) is 14.3. The summed E-state index contributed by atoms with van der Waals surface area (Å²) in [5, 5.41) is 0.0579. The minimum Gasteiger partial charge on any atom is -0.493 e. The van der Waals surface area contributed by atoms with Gasteiger partial charge in [0.1, 0.15) is 11.3 Å². The number of esters is 2. The first-order valence-corrected chi connectivity index (χ1v) is 7.00. The molecule has 0 amide bonds. The molecule has 0 radical (unpaired) electrons. The quantitative estimate of drug-likeness (QED) is 0.798. The number of nitrogens with one attached hydrogen (secondary N) is 1. The summed E-state index contributed by atoms with van der Waals surface area (Å²) in [6.07, 6.45) is 0. The zero-order valence-electron chi connectivity index (χ0n) is 14.3. The van der Waals surface area contributed by atoms with Crippen LogP contribution in [-0.2, 0) is 9.47 Å². The van der Waals surface area contributed by atoms with E-state index in [-0.39, 0.29) is 33.8 Å². The van der Waals surface area contributed by atoms with Gasteiger partial charge in [-0.1, -0.05) is 0 Å². The van der Waals surface area contributed by atoms with Gasteiger partial charge in [-0.05, 0) is 6.07 Å². The first kappa shape index (κ1) is 18.1. The Hall–Kier alpha value is -3.23. The number of methoxy groups -OCH3 is 5. The molecule has 0 saturated carbocycles. The van der Waals surface area contributed by atoms with Crippen LogP contribution in [0.15, 0.2) is 10.9 Å². The minimum atomic E-state index is -0.975. The second-order valence-electron chi connectivity index (χ2n) is 4.76. The van der Waals surface area contributed by atoms with Crippen LogP contribution in [0.4, 0.5) is 0 Å². The highest BCUT2D eigenvalue weighted by atomic mass is 16.5. The van der Waals surface area contributed by atoms with Crippen LogP contribution in [0.3, 0.4) is 0 Å². The maximum Gasteiger partial charge on any atom is 0.355 e. The number of carbonyl (C=O) groups excluding carboxylic acids is 2. The van der Waals surface area contributed by atoms with Crippen LogP contribution in [-0.4, -0.2) is 52.5 Å². The molecule has 1 aromatic carbocycles. The van der Waals surface area contributed by atoms with Crippen LogP contribution in [0.1, 0.15) is 20.8 Å². The van der Waals surface area contributed by atoms with Crippen molar-refractivity contribution in [1.82, 2.24) is 4.98 Å². The van der Waals surface area contributed by atoms with Gasteiger partial charge in [-0.15, -0.1) is 0 Å². The number of fused-ring (bicyclic) bond motifs is 1. The average molecular weight is 351 g/mol. The molecule has 1 aromatic heterocycles. The van der Waals surface area contributed by atoms with Gasteiger partial charge in [-0.3, -0.25) is 4.79 Å². The summed E-state index contributed by atoms with van der Waals surface area (Å²) in [5.41, 5.74) is -1.41. The predicted molar refractivity (Wildman–Crippen MR) is 86.9 cm³/mol. The third-order valence-electron chi connectivity index (χ3n) is 3.58. The average Bonchev–Trinajstić information content (AvgIpc) is 2.64. The zero-order chi connectivity index (χ0) is 18.7. The van der Waals surface area contributed by atoms with E-state index in [0.717, 1.165) is 14.2 Å². The number of aromatic nitrogens is 1. The molecule has 1 heterocycles. The molecule has 0 unspecified atom stereocenters. The van der Waals surface area contributed by atoms with Crippen molar-refractivity contribution in [3.05, 3.63) is 27.5 Å². The highest BCUT2D eigenvalue weighted by Crippen LogP contribution is 2.41. The van der Waals surface area contributed by atoms with Crippen LogP contribution in [0.2, 0.25) is 0 Å². The van der Waals surface area contributed by atoms with Crippen molar-refractivity contribution in [2.45, 2.75) is 0 Å². The third kappa shape index (κ3) is 2.84. The fraction of sp³-hybridized carbons (Fsp3) is 0.312. The lowest BCUT2D eigenvalue weighted by Crippen LogP contribution is -2.24. The van der Waals surface area contributed by atoms with Crippen molar-refractivity contribution in [3.63, 3.8) is 0 Å². The Morgan fingerprint density at radius 2 is 1.48 bits per heavy atom. The predicted octanol–water partition coefficient (Wildman–Crippen LogP) is 1.13. The van der Waals surface area contributed by atoms with E-state index in [1.807, 2.05) is 0 Å². The number of carbonyl (C=O) groups is 2. The first-order valence-electron chi connectivity index (χ1n) is 7.00. The molecule has 25 heavy (non-hydrogen) atoms. The van der Waals surface area contributed by atoms with Gasteiger partial charge in [0, 0.05) is 0 Å². The van der Waals surface area contributed by atoms with E-state index < -0.39 is 22.9 Å². The van der Waals surface area contributed by atoms with Gasteiger partial charge in [0.2, 0.25) is 11.2 Å². The van der Waals surface area contributed by atoms with Gasteiger partial charge in [0.25, 0.3) is 0 Å². The molecule has 0 atom stereocenters. The molecule has 0 spiro atoms. The van der Waals surface area contributed by atoms with Crippen LogP contribution < -0.4 is 19.6 Å². The lowest BCUT2D eigenvalue weighted by molar-refractivity contribution is 0.0549. The maximum absolute atomic E-state index is 12.8. The monoisotopic (exact) mass is 351 g/mol. The van der Waals surface area contributed by atoms with Crippen molar-refractivity contribution in [2.75, 3.05) is 35.5 Å². The number of pyridine rings is 1. The third-order valence-corrected chi connectivity index (χ3v) is 3.58. The van der Waals surface area contributed by atoms with Gasteiger partial charge < -0.3 is 28.7 Å². The number of rotatable bonds is 5. The molecular formula is C16H17NO8. The summed E-state index contributed by atoms with van der Waals surface area (Å²) in [5.74, 6) is -1.31. The second-order valence-corrected chi connectivity index (χ2v) is 4.76. The molecule has 134 valence electrons. The molecule has 0 saturated heterocycles. The standard InChI is InChI=1S/C16H17NO8/c1-21-8-6-7-10(14(23-3)13(8)22-2)17-11(16(20)25-5)9(12(7)18)15(19)24-4/h6H,1-5H3,(H,17,18). The van der Waals surface area contributed by atoms with Crippen LogP contribution in [0, 0.1) is 0 Å². The van der Waals surface area contributed by atoms with E-state index in [1.165, 1.54) is 27.4 Å². The van der Waals surface area contributed by atoms with E-state index in [1.54, 1.807) is 0 Å². The Balaban J connectivity index is 3.06. The molecule has 1 N–H and O–H groups in total. The smallest absolute Gasteiger partial charge is 0.355 e. The number of aromatic amines is 1. The van der Waals surface area contributed by atoms with Crippen LogP contribution in [0.25, 0.3) is 10.9 Å². The topological polar surface area (TPSA) is 113 Å². The fourth-order valence-corrected chi connectivity index (χ4v) is 2.45. The first-order chi connectivity index (χ1) is 11.9. The van der Waals surface area contributed by atoms with Gasteiger partial charge in [-0.2, -0.15) is 0 Å². The number of benzene rings is 1. The summed E-state index contributed by atoms with van der Waals surface area (Å²) in [4.78, 5) is 39.6. The summed E-state index contributed by atoms with van der Waals surface area (Å²) >= 11 is 0. The van der Waals surface area contributed by atoms with Gasteiger partial charge in [0.05, 0.1) is 46.5 Å². The van der Waals surface area contributed by atoms with E-state index in [4.69, 9.17) is 14.2 Å². The van der Waals surface area contributed by atoms with Crippen molar-refractivity contribution in [3.8, 4) is 17.2 Å². The second kappa shape index (κ2) is 7.12. The fourth-order valence-electron chi connectivity index (χ4n) is 2.45. The van der Waals surface area contributed by atoms with Gasteiger partial charge >= 0.3 is 11.9 Å². The Kier molecular flexibility index (Phi) is 5.16. The number of hydrogen-bond donors (Lipinski definition) is 1. The number of hydrogen-bond acceptors (Lipinski definition) is 8. The molecule has 9 nitrogen and oxygen atoms in total. The molecule has 0 aliphatic carbocycles. The Morgan fingerprint density at radius 3 is 1.96 bits per heavy atom. The highest BCUT2D eigenvalue weighted by Gasteiger charge is 2.28. The normalized spacial score (nSPS) is 10.3. The van der Waals surface area contributed by atoms with Gasteiger partial charge in [0.15, 0.2) is 11.5 Å². The number of ether oxygens (including phenoxy) is 5. The Morgan fingerprint density at radius 1 is 0.880 bits per heavy atom. The summed E-state index contributed by atoms with van der Waals surface area (Å²) in [6.45, 7) is 0. The molecule has 0 aliphatic rings. The highest BCUT2D eigenvalue weighted by molar-refractivity contribution is 6.05. The largest absolute Gasteiger partial charge is 0.493 e. The van der Waals surface area contributed by atoms with E-state index in [0.29, 0.717) is 0 Å².